The summed E-state index contributed by atoms with van der Waals surface area (Å²) in [5.74, 6) is 0.388. The van der Waals surface area contributed by atoms with Crippen molar-refractivity contribution in [3.05, 3.63) is 41.8 Å². The largest absolute Gasteiger partial charge is 0.465 e. The fourth-order valence-corrected chi connectivity index (χ4v) is 1.59. The average Bonchev–Trinajstić information content (AvgIpc) is 3.00. The number of hydrogen-bond donors (Lipinski definition) is 0. The quantitative estimate of drug-likeness (QED) is 0.668. The fraction of sp³-hybridized carbons (Fsp3) is 0.333. The van der Waals surface area contributed by atoms with E-state index in [1.807, 2.05) is 18.2 Å². The fourth-order valence-electron chi connectivity index (χ4n) is 1.59. The van der Waals surface area contributed by atoms with Crippen LogP contribution in [-0.4, -0.2) is 13.1 Å². The second kappa shape index (κ2) is 3.45. The Morgan fingerprint density at radius 3 is 2.71 bits per heavy atom. The topological polar surface area (TPSA) is 26.3 Å². The van der Waals surface area contributed by atoms with E-state index in [4.69, 9.17) is 0 Å². The molecule has 2 heteroatoms. The van der Waals surface area contributed by atoms with Crippen LogP contribution < -0.4 is 0 Å². The lowest BCUT2D eigenvalue weighted by Crippen LogP contribution is -2.03. The van der Waals surface area contributed by atoms with Crippen LogP contribution in [0.1, 0.15) is 40.2 Å². The highest BCUT2D eigenvalue weighted by atomic mass is 16.5. The summed E-state index contributed by atoms with van der Waals surface area (Å²) < 4.78 is 4.65. The zero-order valence-electron chi connectivity index (χ0n) is 8.25. The second-order valence-electron chi connectivity index (χ2n) is 3.68. The molecule has 0 aliphatic heterocycles. The average molecular weight is 189 g/mol. The number of methoxy groups -OCH3 is 1. The van der Waals surface area contributed by atoms with Gasteiger partial charge < -0.3 is 4.74 Å². The zero-order valence-corrected chi connectivity index (χ0v) is 8.25. The van der Waals surface area contributed by atoms with Crippen LogP contribution >= 0.6 is 0 Å². The molecule has 0 N–H and O–H groups in total. The minimum absolute atomic E-state index is 0.308. The third-order valence-corrected chi connectivity index (χ3v) is 2.58. The summed E-state index contributed by atoms with van der Waals surface area (Å²) in [5.41, 5.74) is 2.63. The molecule has 1 aliphatic carbocycles. The van der Waals surface area contributed by atoms with Crippen LogP contribution in [0.15, 0.2) is 18.2 Å². The molecule has 1 aliphatic rings. The Morgan fingerprint density at radius 2 is 2.21 bits per heavy atom. The summed E-state index contributed by atoms with van der Waals surface area (Å²) >= 11 is 0. The Labute approximate surface area is 83.9 Å². The number of carbonyl (C=O) groups excluding carboxylic acids is 1. The Morgan fingerprint density at radius 1 is 1.50 bits per heavy atom. The number of rotatable bonds is 2. The van der Waals surface area contributed by atoms with Crippen molar-refractivity contribution in [2.45, 2.75) is 18.8 Å². The van der Waals surface area contributed by atoms with E-state index in [-0.39, 0.29) is 5.97 Å². The van der Waals surface area contributed by atoms with Gasteiger partial charge in [0, 0.05) is 0 Å². The molecule has 2 nitrogen and oxygen atoms in total. The lowest BCUT2D eigenvalue weighted by Gasteiger charge is -2.05. The van der Waals surface area contributed by atoms with Crippen LogP contribution in [0.2, 0.25) is 0 Å². The minimum Gasteiger partial charge on any atom is -0.465 e. The smallest absolute Gasteiger partial charge is 0.338 e. The van der Waals surface area contributed by atoms with E-state index in [9.17, 15) is 4.79 Å². The molecular weight excluding hydrogens is 176 g/mol. The van der Waals surface area contributed by atoms with Crippen LogP contribution in [0, 0.1) is 6.92 Å². The first-order chi connectivity index (χ1) is 6.72. The molecule has 1 aromatic rings. The molecule has 2 rings (SSSR count). The molecule has 1 aromatic carbocycles. The predicted octanol–water partition coefficient (Wildman–Crippen LogP) is 2.53. The molecular formula is C12H13O2. The van der Waals surface area contributed by atoms with Gasteiger partial charge in [-0.05, 0) is 42.9 Å². The standard InChI is InChI=1S/C12H13O2/c1-8-7-10(9-3-4-9)5-6-11(8)12(13)14-2/h5-7,9H,1,3-4H2,2H3. The maximum absolute atomic E-state index is 11.3. The van der Waals surface area contributed by atoms with Gasteiger partial charge >= 0.3 is 5.97 Å². The van der Waals surface area contributed by atoms with Gasteiger partial charge in [-0.2, -0.15) is 0 Å². The third kappa shape index (κ3) is 1.65. The number of ether oxygens (including phenoxy) is 1. The van der Waals surface area contributed by atoms with E-state index in [1.54, 1.807) is 0 Å². The van der Waals surface area contributed by atoms with Crippen molar-refractivity contribution in [3.8, 4) is 0 Å². The van der Waals surface area contributed by atoms with Gasteiger partial charge in [0.25, 0.3) is 0 Å². The van der Waals surface area contributed by atoms with Crippen LogP contribution in [0.25, 0.3) is 0 Å². The molecule has 1 saturated carbocycles. The van der Waals surface area contributed by atoms with Gasteiger partial charge in [0.05, 0.1) is 12.7 Å². The number of carbonyl (C=O) groups is 1. The van der Waals surface area contributed by atoms with Gasteiger partial charge in [0.15, 0.2) is 0 Å². The van der Waals surface area contributed by atoms with E-state index in [0.717, 1.165) is 5.56 Å². The van der Waals surface area contributed by atoms with E-state index in [0.29, 0.717) is 11.5 Å². The summed E-state index contributed by atoms with van der Waals surface area (Å²) in [5, 5.41) is 0. The van der Waals surface area contributed by atoms with Crippen molar-refractivity contribution in [2.24, 2.45) is 0 Å². The Balaban J connectivity index is 2.30. The maximum Gasteiger partial charge on any atom is 0.338 e. The summed E-state index contributed by atoms with van der Waals surface area (Å²) in [7, 11) is 1.39. The molecule has 0 bridgehead atoms. The highest BCUT2D eigenvalue weighted by Gasteiger charge is 2.24. The van der Waals surface area contributed by atoms with Gasteiger partial charge in [-0.25, -0.2) is 4.79 Å². The van der Waals surface area contributed by atoms with Crippen LogP contribution in [0.5, 0.6) is 0 Å². The summed E-state index contributed by atoms with van der Waals surface area (Å²) in [4.78, 5) is 11.3. The molecule has 0 aromatic heterocycles. The van der Waals surface area contributed by atoms with Crippen molar-refractivity contribution in [2.75, 3.05) is 7.11 Å². The number of esters is 1. The maximum atomic E-state index is 11.3. The lowest BCUT2D eigenvalue weighted by molar-refractivity contribution is 0.0600. The van der Waals surface area contributed by atoms with Crippen molar-refractivity contribution in [1.82, 2.24) is 0 Å². The van der Waals surface area contributed by atoms with Gasteiger partial charge in [-0.15, -0.1) is 0 Å². The van der Waals surface area contributed by atoms with Crippen molar-refractivity contribution in [1.29, 1.82) is 0 Å². The van der Waals surface area contributed by atoms with E-state index < -0.39 is 0 Å². The van der Waals surface area contributed by atoms with Crippen LogP contribution in [-0.2, 0) is 4.74 Å². The van der Waals surface area contributed by atoms with Gasteiger partial charge in [0.2, 0.25) is 0 Å². The number of hydrogen-bond acceptors (Lipinski definition) is 2. The highest BCUT2D eigenvalue weighted by molar-refractivity contribution is 5.91. The highest BCUT2D eigenvalue weighted by Crippen LogP contribution is 2.40. The summed E-state index contributed by atoms with van der Waals surface area (Å²) in [6, 6.07) is 5.80. The minimum atomic E-state index is -0.308. The molecule has 0 saturated heterocycles. The van der Waals surface area contributed by atoms with Gasteiger partial charge in [-0.1, -0.05) is 12.1 Å². The lowest BCUT2D eigenvalue weighted by atomic mass is 10.0. The third-order valence-electron chi connectivity index (χ3n) is 2.58. The van der Waals surface area contributed by atoms with Crippen LogP contribution in [0.4, 0.5) is 0 Å². The molecule has 1 fully saturated rings. The Hall–Kier alpha value is -1.31. The van der Waals surface area contributed by atoms with Crippen LogP contribution in [0.3, 0.4) is 0 Å². The first-order valence-electron chi connectivity index (χ1n) is 4.76. The molecule has 0 spiro atoms. The molecule has 0 unspecified atom stereocenters. The molecule has 0 atom stereocenters. The molecule has 73 valence electrons. The number of benzene rings is 1. The normalized spacial score (nSPS) is 15.3. The van der Waals surface area contributed by atoms with Gasteiger partial charge in [-0.3, -0.25) is 0 Å². The second-order valence-corrected chi connectivity index (χ2v) is 3.68. The first kappa shape index (κ1) is 9.25. The Kier molecular flexibility index (Phi) is 2.28. The molecule has 0 heterocycles. The monoisotopic (exact) mass is 189 g/mol. The molecule has 0 amide bonds. The van der Waals surface area contributed by atoms with E-state index >= 15 is 0 Å². The van der Waals surface area contributed by atoms with Gasteiger partial charge in [0.1, 0.15) is 0 Å². The van der Waals surface area contributed by atoms with Crippen molar-refractivity contribution >= 4 is 5.97 Å². The molecule has 1 radical (unpaired) electrons. The summed E-state index contributed by atoms with van der Waals surface area (Å²) in [6.07, 6.45) is 2.52. The molecule has 14 heavy (non-hydrogen) atoms. The predicted molar refractivity (Wildman–Crippen MR) is 54.2 cm³/mol. The SMILES string of the molecule is [CH2]c1cc(C2CC2)ccc1C(=O)OC. The zero-order chi connectivity index (χ0) is 10.1. The summed E-state index contributed by atoms with van der Waals surface area (Å²) in [6.45, 7) is 3.86. The Bertz CT molecular complexity index is 365. The van der Waals surface area contributed by atoms with Crippen molar-refractivity contribution < 1.29 is 9.53 Å². The van der Waals surface area contributed by atoms with E-state index in [1.165, 1.54) is 25.5 Å². The first-order valence-corrected chi connectivity index (χ1v) is 4.76. The van der Waals surface area contributed by atoms with Crippen molar-refractivity contribution in [3.63, 3.8) is 0 Å². The van der Waals surface area contributed by atoms with E-state index in [2.05, 4.69) is 11.7 Å².